The fraction of sp³-hybridized carbons (Fsp3) is 0.350. The summed E-state index contributed by atoms with van der Waals surface area (Å²) >= 11 is 0. The van der Waals surface area contributed by atoms with Gasteiger partial charge in [-0.2, -0.15) is 0 Å². The van der Waals surface area contributed by atoms with Crippen molar-refractivity contribution < 1.29 is 18.7 Å². The van der Waals surface area contributed by atoms with Gasteiger partial charge in [0.25, 0.3) is 0 Å². The normalized spacial score (nSPS) is 17.5. The van der Waals surface area contributed by atoms with Crippen LogP contribution in [0.15, 0.2) is 36.4 Å². The average molecular weight is 330 g/mol. The Morgan fingerprint density at radius 1 is 1.12 bits per heavy atom. The summed E-state index contributed by atoms with van der Waals surface area (Å²) in [6.07, 6.45) is 2.27. The van der Waals surface area contributed by atoms with E-state index < -0.39 is 23.5 Å². The zero-order valence-electron chi connectivity index (χ0n) is 13.6. The number of carboxylic acid groups (broad SMARTS) is 1. The van der Waals surface area contributed by atoms with Gasteiger partial charge in [-0.15, -0.1) is 0 Å². The van der Waals surface area contributed by atoms with E-state index in [0.29, 0.717) is 19.3 Å². The van der Waals surface area contributed by atoms with Gasteiger partial charge < -0.3 is 5.11 Å². The quantitative estimate of drug-likeness (QED) is 0.882. The molecule has 0 spiro atoms. The molecule has 2 atom stereocenters. The second kappa shape index (κ2) is 6.71. The highest BCUT2D eigenvalue weighted by atomic mass is 19.2. The average Bonchev–Trinajstić information content (AvgIpc) is 2.70. The summed E-state index contributed by atoms with van der Waals surface area (Å²) in [6, 6.07) is 10.4. The number of carboxylic acids is 1. The molecule has 0 saturated carbocycles. The largest absolute Gasteiger partial charge is 0.481 e. The summed E-state index contributed by atoms with van der Waals surface area (Å²) in [6.45, 7) is 1.84. The van der Waals surface area contributed by atoms with Crippen LogP contribution in [0.2, 0.25) is 0 Å². The highest BCUT2D eigenvalue weighted by Crippen LogP contribution is 2.39. The monoisotopic (exact) mass is 330 g/mol. The molecule has 2 nitrogen and oxygen atoms in total. The summed E-state index contributed by atoms with van der Waals surface area (Å²) in [4.78, 5) is 11.5. The molecule has 0 radical (unpaired) electrons. The van der Waals surface area contributed by atoms with Crippen LogP contribution in [0.5, 0.6) is 0 Å². The van der Waals surface area contributed by atoms with E-state index in [4.69, 9.17) is 0 Å². The van der Waals surface area contributed by atoms with Crippen LogP contribution in [0, 0.1) is 17.6 Å². The Bertz CT molecular complexity index is 770. The zero-order valence-corrected chi connectivity index (χ0v) is 13.6. The van der Waals surface area contributed by atoms with Gasteiger partial charge in [-0.25, -0.2) is 8.78 Å². The molecule has 1 aliphatic carbocycles. The van der Waals surface area contributed by atoms with Crippen molar-refractivity contribution in [2.75, 3.05) is 0 Å². The summed E-state index contributed by atoms with van der Waals surface area (Å²) in [7, 11) is 0. The lowest BCUT2D eigenvalue weighted by atomic mass is 9.81. The Morgan fingerprint density at radius 3 is 2.50 bits per heavy atom. The van der Waals surface area contributed by atoms with Gasteiger partial charge in [0.15, 0.2) is 11.6 Å². The number of aliphatic carboxylic acids is 1. The van der Waals surface area contributed by atoms with Crippen molar-refractivity contribution in [2.45, 2.75) is 38.5 Å². The van der Waals surface area contributed by atoms with Crippen molar-refractivity contribution in [3.63, 3.8) is 0 Å². The van der Waals surface area contributed by atoms with E-state index in [1.54, 1.807) is 0 Å². The molecule has 1 N–H and O–H groups in total. The third-order valence-corrected chi connectivity index (χ3v) is 5.01. The summed E-state index contributed by atoms with van der Waals surface area (Å²) < 4.78 is 27.6. The second-order valence-corrected chi connectivity index (χ2v) is 6.40. The molecule has 0 fully saturated rings. The molecule has 1 aliphatic rings. The number of hydrogen-bond acceptors (Lipinski definition) is 1. The fourth-order valence-corrected chi connectivity index (χ4v) is 3.66. The molecule has 126 valence electrons. The van der Waals surface area contributed by atoms with Gasteiger partial charge in [0.2, 0.25) is 0 Å². The van der Waals surface area contributed by atoms with Crippen molar-refractivity contribution >= 4 is 5.97 Å². The minimum atomic E-state index is -0.874. The van der Waals surface area contributed by atoms with Crippen LogP contribution in [0.4, 0.5) is 8.78 Å². The van der Waals surface area contributed by atoms with E-state index in [9.17, 15) is 18.7 Å². The minimum Gasteiger partial charge on any atom is -0.481 e. The van der Waals surface area contributed by atoms with Crippen LogP contribution >= 0.6 is 0 Å². The lowest BCUT2D eigenvalue weighted by molar-refractivity contribution is -0.142. The number of benzene rings is 2. The van der Waals surface area contributed by atoms with Gasteiger partial charge in [-0.3, -0.25) is 4.79 Å². The number of rotatable bonds is 4. The first-order chi connectivity index (χ1) is 11.5. The summed E-state index contributed by atoms with van der Waals surface area (Å²) in [5.41, 5.74) is 3.65. The molecule has 2 aromatic carbocycles. The first-order valence-corrected chi connectivity index (χ1v) is 8.29. The number of fused-ring (bicyclic) bond motifs is 2. The van der Waals surface area contributed by atoms with Crippen LogP contribution in [-0.2, 0) is 17.6 Å². The van der Waals surface area contributed by atoms with Gasteiger partial charge >= 0.3 is 5.97 Å². The standard InChI is InChI=1S/C20H20F2O2/c1-2-12(20(23)24)9-17-15-6-4-3-5-13(15)7-8-14-10-18(21)19(22)11-16(14)17/h3-6,10-12,17H,2,7-9H2,1H3,(H,23,24). The maximum absolute atomic E-state index is 13.9. The minimum absolute atomic E-state index is 0.227. The van der Waals surface area contributed by atoms with Gasteiger partial charge in [0.1, 0.15) is 0 Å². The SMILES string of the molecule is CCC(CC1c2ccccc2CCc2cc(F)c(F)cc21)C(=O)O. The van der Waals surface area contributed by atoms with E-state index in [1.807, 2.05) is 31.2 Å². The van der Waals surface area contributed by atoms with Gasteiger partial charge in [0.05, 0.1) is 5.92 Å². The number of carbonyl (C=O) groups is 1. The molecule has 2 aromatic rings. The molecule has 4 heteroatoms. The van der Waals surface area contributed by atoms with Gasteiger partial charge in [-0.1, -0.05) is 31.2 Å². The van der Waals surface area contributed by atoms with Crippen molar-refractivity contribution in [1.29, 1.82) is 0 Å². The van der Waals surface area contributed by atoms with Crippen molar-refractivity contribution in [3.8, 4) is 0 Å². The van der Waals surface area contributed by atoms with Crippen LogP contribution in [0.3, 0.4) is 0 Å². The molecular formula is C20H20F2O2. The molecule has 0 bridgehead atoms. The Morgan fingerprint density at radius 2 is 1.79 bits per heavy atom. The molecule has 0 aliphatic heterocycles. The Balaban J connectivity index is 2.13. The first kappa shape index (κ1) is 16.6. The van der Waals surface area contributed by atoms with Crippen LogP contribution in [0.1, 0.15) is 47.9 Å². The fourth-order valence-electron chi connectivity index (χ4n) is 3.66. The zero-order chi connectivity index (χ0) is 17.3. The molecule has 0 aromatic heterocycles. The van der Waals surface area contributed by atoms with E-state index >= 15 is 0 Å². The Labute approximate surface area is 140 Å². The number of hydrogen-bond donors (Lipinski definition) is 1. The van der Waals surface area contributed by atoms with Crippen molar-refractivity contribution in [3.05, 3.63) is 70.3 Å². The number of aryl methyl sites for hydroxylation is 2. The predicted molar refractivity (Wildman–Crippen MR) is 88.1 cm³/mol. The lowest BCUT2D eigenvalue weighted by Gasteiger charge is -2.23. The Hall–Kier alpha value is -2.23. The molecule has 0 amide bonds. The molecule has 0 heterocycles. The summed E-state index contributed by atoms with van der Waals surface area (Å²) in [5.74, 6) is -3.30. The van der Waals surface area contributed by atoms with Crippen LogP contribution in [-0.4, -0.2) is 11.1 Å². The molecular weight excluding hydrogens is 310 g/mol. The molecule has 2 unspecified atom stereocenters. The number of halogens is 2. The van der Waals surface area contributed by atoms with E-state index in [2.05, 4.69) is 0 Å². The third kappa shape index (κ3) is 3.05. The van der Waals surface area contributed by atoms with E-state index in [1.165, 1.54) is 12.1 Å². The maximum atomic E-state index is 13.9. The highest BCUT2D eigenvalue weighted by molar-refractivity contribution is 5.70. The Kier molecular flexibility index (Phi) is 4.65. The maximum Gasteiger partial charge on any atom is 0.306 e. The smallest absolute Gasteiger partial charge is 0.306 e. The summed E-state index contributed by atoms with van der Waals surface area (Å²) in [5, 5.41) is 9.43. The second-order valence-electron chi connectivity index (χ2n) is 6.40. The first-order valence-electron chi connectivity index (χ1n) is 8.29. The van der Waals surface area contributed by atoms with Crippen LogP contribution < -0.4 is 0 Å². The predicted octanol–water partition coefficient (Wildman–Crippen LogP) is 4.70. The van der Waals surface area contributed by atoms with Crippen molar-refractivity contribution in [1.82, 2.24) is 0 Å². The topological polar surface area (TPSA) is 37.3 Å². The van der Waals surface area contributed by atoms with E-state index in [0.717, 1.165) is 28.7 Å². The van der Waals surface area contributed by atoms with Crippen molar-refractivity contribution in [2.24, 2.45) is 5.92 Å². The van der Waals surface area contributed by atoms with Gasteiger partial charge in [0, 0.05) is 5.92 Å². The third-order valence-electron chi connectivity index (χ3n) is 5.01. The molecule has 3 rings (SSSR count). The van der Waals surface area contributed by atoms with E-state index in [-0.39, 0.29) is 5.92 Å². The van der Waals surface area contributed by atoms with Gasteiger partial charge in [-0.05, 0) is 60.1 Å². The molecule has 0 saturated heterocycles. The lowest BCUT2D eigenvalue weighted by Crippen LogP contribution is -2.18. The van der Waals surface area contributed by atoms with Crippen LogP contribution in [0.25, 0.3) is 0 Å². The molecule has 24 heavy (non-hydrogen) atoms. The highest BCUT2D eigenvalue weighted by Gasteiger charge is 2.29.